The molecule has 14 heteroatoms. The number of β-amino-alcohol motifs (C(OH)–C–C–N with tert-alkyl or cyclic N) is 1. The lowest BCUT2D eigenvalue weighted by Crippen LogP contribution is -2.31. The van der Waals surface area contributed by atoms with Crippen molar-refractivity contribution in [2.45, 2.75) is 31.3 Å². The van der Waals surface area contributed by atoms with Crippen LogP contribution in [0.1, 0.15) is 29.5 Å². The molecule has 40 heavy (non-hydrogen) atoms. The molecule has 1 amide bonds. The number of hydrogen-bond acceptors (Lipinski definition) is 6. The number of ether oxygens (including phenoxy) is 1. The standard InChI is InChI=1S/C26H27F7N4O3/c1-36(19-6-4-18(27)5-7-19)24(39)40-23-21(10-17(25(28,29)30)11-22(23)26(31,32)33)16(12-34)13-35-14-20(38)15-37-8-2-3-9-37/h4-7,10-13,20,38H,2-3,8-9,14-15,34H2,1H3/b16-12+,35-13?. The number of aliphatic imine (C=N–C) groups is 1. The second-order valence-corrected chi connectivity index (χ2v) is 9.08. The monoisotopic (exact) mass is 576 g/mol. The molecular formula is C26H27F7N4O3. The van der Waals surface area contributed by atoms with Crippen LogP contribution in [0, 0.1) is 5.82 Å². The van der Waals surface area contributed by atoms with Crippen LogP contribution in [0.5, 0.6) is 5.75 Å². The van der Waals surface area contributed by atoms with Crippen molar-refractivity contribution in [3.63, 3.8) is 0 Å². The number of rotatable bonds is 8. The number of alkyl halides is 6. The third-order valence-electron chi connectivity index (χ3n) is 6.10. The van der Waals surface area contributed by atoms with Gasteiger partial charge in [0.15, 0.2) is 5.75 Å². The molecule has 1 aliphatic heterocycles. The van der Waals surface area contributed by atoms with Crippen molar-refractivity contribution in [1.29, 1.82) is 0 Å². The first-order valence-corrected chi connectivity index (χ1v) is 12.1. The van der Waals surface area contributed by atoms with Crippen molar-refractivity contribution >= 4 is 23.6 Å². The minimum absolute atomic E-state index is 0.0385. The Morgan fingerprint density at radius 2 is 1.75 bits per heavy atom. The summed E-state index contributed by atoms with van der Waals surface area (Å²) in [5, 5.41) is 10.2. The predicted molar refractivity (Wildman–Crippen MR) is 134 cm³/mol. The van der Waals surface area contributed by atoms with E-state index in [1.54, 1.807) is 0 Å². The number of aliphatic hydroxyl groups excluding tert-OH is 1. The zero-order valence-corrected chi connectivity index (χ0v) is 21.3. The minimum Gasteiger partial charge on any atom is -0.409 e. The summed E-state index contributed by atoms with van der Waals surface area (Å²) in [6.45, 7) is 1.67. The lowest BCUT2D eigenvalue weighted by Gasteiger charge is -2.22. The Morgan fingerprint density at radius 3 is 2.30 bits per heavy atom. The minimum atomic E-state index is -5.37. The molecule has 1 atom stereocenters. The summed E-state index contributed by atoms with van der Waals surface area (Å²) in [5.74, 6) is -1.88. The summed E-state index contributed by atoms with van der Waals surface area (Å²) in [7, 11) is 1.12. The van der Waals surface area contributed by atoms with E-state index in [4.69, 9.17) is 10.5 Å². The van der Waals surface area contributed by atoms with Gasteiger partial charge in [-0.1, -0.05) is 0 Å². The molecular weight excluding hydrogens is 549 g/mol. The van der Waals surface area contributed by atoms with Gasteiger partial charge >= 0.3 is 18.4 Å². The van der Waals surface area contributed by atoms with E-state index in [0.717, 1.165) is 68.4 Å². The van der Waals surface area contributed by atoms with E-state index in [2.05, 4.69) is 4.99 Å². The summed E-state index contributed by atoms with van der Waals surface area (Å²) in [6, 6.07) is 4.48. The average molecular weight is 577 g/mol. The van der Waals surface area contributed by atoms with Crippen LogP contribution in [0.4, 0.5) is 41.2 Å². The lowest BCUT2D eigenvalue weighted by atomic mass is 9.98. The summed E-state index contributed by atoms with van der Waals surface area (Å²) in [4.78, 5) is 19.5. The number of halogens is 7. The molecule has 1 aliphatic rings. The second-order valence-electron chi connectivity index (χ2n) is 9.08. The maximum atomic E-state index is 14.0. The van der Waals surface area contributed by atoms with E-state index in [1.807, 2.05) is 4.90 Å². The largest absolute Gasteiger partial charge is 0.420 e. The molecule has 218 valence electrons. The van der Waals surface area contributed by atoms with Crippen LogP contribution < -0.4 is 15.4 Å². The SMILES string of the molecule is CN(C(=O)Oc1c(/C(C=NCC(O)CN2CCCC2)=C/N)cc(C(F)(F)F)cc1C(F)(F)F)c1ccc(F)cc1. The van der Waals surface area contributed by atoms with Gasteiger partial charge in [-0.05, 0) is 62.3 Å². The molecule has 2 aromatic carbocycles. The van der Waals surface area contributed by atoms with Crippen LogP contribution in [0.15, 0.2) is 47.6 Å². The lowest BCUT2D eigenvalue weighted by molar-refractivity contribution is -0.143. The molecule has 0 spiro atoms. The van der Waals surface area contributed by atoms with Crippen LogP contribution in [-0.2, 0) is 12.4 Å². The number of carbonyl (C=O) groups excluding carboxylic acids is 1. The summed E-state index contributed by atoms with van der Waals surface area (Å²) in [5.41, 5.74) is 0.842. The molecule has 2 aromatic rings. The molecule has 0 aliphatic carbocycles. The van der Waals surface area contributed by atoms with Crippen molar-refractivity contribution in [2.75, 3.05) is 38.1 Å². The number of amides is 1. The van der Waals surface area contributed by atoms with Crippen molar-refractivity contribution in [3.8, 4) is 5.75 Å². The smallest absolute Gasteiger partial charge is 0.409 e. The molecule has 0 radical (unpaired) electrons. The first-order valence-electron chi connectivity index (χ1n) is 12.1. The topological polar surface area (TPSA) is 91.4 Å². The van der Waals surface area contributed by atoms with Gasteiger partial charge in [-0.3, -0.25) is 9.89 Å². The number of nitrogens with two attached hydrogens (primary N) is 1. The molecule has 0 aromatic heterocycles. The van der Waals surface area contributed by atoms with Gasteiger partial charge in [-0.2, -0.15) is 26.3 Å². The highest BCUT2D eigenvalue weighted by atomic mass is 19.4. The maximum absolute atomic E-state index is 14.0. The summed E-state index contributed by atoms with van der Waals surface area (Å²) in [6.07, 6.45) is -9.32. The van der Waals surface area contributed by atoms with E-state index in [-0.39, 0.29) is 18.3 Å². The number of allylic oxidation sites excluding steroid dienone is 1. The second kappa shape index (κ2) is 12.7. The van der Waals surface area contributed by atoms with Gasteiger partial charge in [-0.15, -0.1) is 0 Å². The fraction of sp³-hybridized carbons (Fsp3) is 0.385. The maximum Gasteiger partial charge on any atom is 0.420 e. The number of benzene rings is 2. The van der Waals surface area contributed by atoms with Crippen LogP contribution in [0.3, 0.4) is 0 Å². The van der Waals surface area contributed by atoms with Crippen LogP contribution in [0.25, 0.3) is 5.57 Å². The molecule has 0 bridgehead atoms. The Balaban J connectivity index is 2.01. The Kier molecular flexibility index (Phi) is 9.79. The quantitative estimate of drug-likeness (QED) is 0.328. The predicted octanol–water partition coefficient (Wildman–Crippen LogP) is 5.33. The normalized spacial score (nSPS) is 16.0. The van der Waals surface area contributed by atoms with Gasteiger partial charge in [-0.25, -0.2) is 9.18 Å². The first kappa shape index (κ1) is 30.9. The number of carbonyl (C=O) groups is 1. The zero-order valence-electron chi connectivity index (χ0n) is 21.3. The molecule has 1 heterocycles. The molecule has 7 nitrogen and oxygen atoms in total. The Hall–Kier alpha value is -3.65. The fourth-order valence-electron chi connectivity index (χ4n) is 4.05. The number of hydrogen-bond donors (Lipinski definition) is 2. The highest BCUT2D eigenvalue weighted by Gasteiger charge is 2.41. The third kappa shape index (κ3) is 7.94. The molecule has 3 N–H and O–H groups in total. The van der Waals surface area contributed by atoms with Gasteiger partial charge in [0.1, 0.15) is 5.82 Å². The molecule has 1 saturated heterocycles. The summed E-state index contributed by atoms with van der Waals surface area (Å²) >= 11 is 0. The Labute approximate surface area is 225 Å². The highest BCUT2D eigenvalue weighted by molar-refractivity contribution is 6.11. The van der Waals surface area contributed by atoms with E-state index >= 15 is 0 Å². The number of nitrogens with zero attached hydrogens (tertiary/aromatic N) is 3. The molecule has 3 rings (SSSR count). The molecule has 1 unspecified atom stereocenters. The molecule has 1 fully saturated rings. The zero-order chi connectivity index (χ0) is 29.7. The van der Waals surface area contributed by atoms with E-state index < -0.39 is 58.4 Å². The number of aliphatic hydroxyl groups is 1. The van der Waals surface area contributed by atoms with Crippen LogP contribution in [0.2, 0.25) is 0 Å². The average Bonchev–Trinajstić information content (AvgIpc) is 3.38. The van der Waals surface area contributed by atoms with Crippen molar-refractivity contribution in [2.24, 2.45) is 10.7 Å². The van der Waals surface area contributed by atoms with E-state index in [0.29, 0.717) is 18.8 Å². The Morgan fingerprint density at radius 1 is 1.12 bits per heavy atom. The van der Waals surface area contributed by atoms with Crippen molar-refractivity contribution in [3.05, 3.63) is 65.1 Å². The Bertz CT molecular complexity index is 1240. The number of anilines is 1. The van der Waals surface area contributed by atoms with Gasteiger partial charge < -0.3 is 20.5 Å². The van der Waals surface area contributed by atoms with Crippen molar-refractivity contribution < 1.29 is 45.4 Å². The van der Waals surface area contributed by atoms with Gasteiger partial charge in [0.05, 0.1) is 23.8 Å². The van der Waals surface area contributed by atoms with Crippen LogP contribution in [-0.4, -0.2) is 61.6 Å². The van der Waals surface area contributed by atoms with Gasteiger partial charge in [0.2, 0.25) is 0 Å². The van der Waals surface area contributed by atoms with Crippen LogP contribution >= 0.6 is 0 Å². The third-order valence-corrected chi connectivity index (χ3v) is 6.10. The fourth-order valence-corrected chi connectivity index (χ4v) is 4.05. The molecule has 0 saturated carbocycles. The van der Waals surface area contributed by atoms with Crippen molar-refractivity contribution in [1.82, 2.24) is 4.90 Å². The van der Waals surface area contributed by atoms with Gasteiger partial charge in [0.25, 0.3) is 0 Å². The highest BCUT2D eigenvalue weighted by Crippen LogP contribution is 2.44. The van der Waals surface area contributed by atoms with E-state index in [1.165, 1.54) is 0 Å². The summed E-state index contributed by atoms with van der Waals surface area (Å²) < 4.78 is 101. The first-order chi connectivity index (χ1) is 18.7. The van der Waals surface area contributed by atoms with E-state index in [9.17, 15) is 40.6 Å². The number of likely N-dealkylation sites (tertiary alicyclic amines) is 1. The van der Waals surface area contributed by atoms with Gasteiger partial charge in [0, 0.05) is 42.8 Å².